The normalized spacial score (nSPS) is 10.8. The number of phenolic OH excluding ortho intramolecular Hbond substituents is 2. The summed E-state index contributed by atoms with van der Waals surface area (Å²) in [5, 5.41) is 28.2. The highest BCUT2D eigenvalue weighted by atomic mass is 16.4. The molecule has 0 heterocycles. The van der Waals surface area contributed by atoms with Gasteiger partial charge >= 0.3 is 5.97 Å². The van der Waals surface area contributed by atoms with Gasteiger partial charge in [-0.05, 0) is 30.7 Å². The number of aromatic carboxylic acids is 1. The smallest absolute Gasteiger partial charge is 0.338 e. The molecule has 0 aliphatic carbocycles. The van der Waals surface area contributed by atoms with E-state index in [1.165, 1.54) is 12.3 Å². The Bertz CT molecular complexity index is 692. The second-order valence-corrected chi connectivity index (χ2v) is 4.25. The van der Waals surface area contributed by atoms with Gasteiger partial charge in [0.25, 0.3) is 0 Å². The fraction of sp³-hybridized carbons (Fsp3) is 0.0667. The van der Waals surface area contributed by atoms with Gasteiger partial charge in [0.15, 0.2) is 11.5 Å². The van der Waals surface area contributed by atoms with Gasteiger partial charge < -0.3 is 15.3 Å². The number of hydrogen-bond donors (Lipinski definition) is 3. The molecular weight excluding hydrogens is 258 g/mol. The lowest BCUT2D eigenvalue weighted by atomic mass is 10.1. The van der Waals surface area contributed by atoms with E-state index < -0.39 is 5.97 Å². The SMILES string of the molecule is Cc1cccc(N=Cc2cccc(O)c2O)c1C(=O)O. The number of carboxylic acid groups (broad SMARTS) is 1. The molecule has 0 fully saturated rings. The van der Waals surface area contributed by atoms with Crippen LogP contribution in [0.15, 0.2) is 41.4 Å². The summed E-state index contributed by atoms with van der Waals surface area (Å²) in [7, 11) is 0. The molecule has 0 atom stereocenters. The molecule has 0 saturated carbocycles. The highest BCUT2D eigenvalue weighted by molar-refractivity contribution is 5.97. The Hall–Kier alpha value is -2.82. The van der Waals surface area contributed by atoms with E-state index in [1.807, 2.05) is 0 Å². The minimum Gasteiger partial charge on any atom is -0.504 e. The molecule has 2 aromatic rings. The molecule has 0 unspecified atom stereocenters. The third-order valence-electron chi connectivity index (χ3n) is 2.85. The van der Waals surface area contributed by atoms with Crippen molar-refractivity contribution in [2.24, 2.45) is 4.99 Å². The third-order valence-corrected chi connectivity index (χ3v) is 2.85. The topological polar surface area (TPSA) is 90.1 Å². The van der Waals surface area contributed by atoms with Crippen LogP contribution in [0, 0.1) is 6.92 Å². The fourth-order valence-electron chi connectivity index (χ4n) is 1.83. The van der Waals surface area contributed by atoms with Gasteiger partial charge in [-0.3, -0.25) is 4.99 Å². The van der Waals surface area contributed by atoms with Crippen molar-refractivity contribution in [1.29, 1.82) is 0 Å². The summed E-state index contributed by atoms with van der Waals surface area (Å²) in [5.74, 6) is -1.60. The number of para-hydroxylation sites is 1. The molecule has 2 rings (SSSR count). The van der Waals surface area contributed by atoms with E-state index in [0.29, 0.717) is 16.8 Å². The van der Waals surface area contributed by atoms with Crippen molar-refractivity contribution < 1.29 is 20.1 Å². The Labute approximate surface area is 115 Å². The number of aryl methyl sites for hydroxylation is 1. The summed E-state index contributed by atoms with van der Waals surface area (Å²) in [5.41, 5.74) is 1.32. The number of carbonyl (C=O) groups is 1. The van der Waals surface area contributed by atoms with Crippen molar-refractivity contribution in [2.45, 2.75) is 6.92 Å². The number of aromatic hydroxyl groups is 2. The van der Waals surface area contributed by atoms with Crippen LogP contribution in [0.2, 0.25) is 0 Å². The van der Waals surface area contributed by atoms with Crippen molar-refractivity contribution in [3.8, 4) is 11.5 Å². The van der Waals surface area contributed by atoms with Crippen LogP contribution in [0.25, 0.3) is 0 Å². The Balaban J connectivity index is 2.45. The number of carboxylic acids is 1. The number of aliphatic imine (C=N–C) groups is 1. The largest absolute Gasteiger partial charge is 0.504 e. The van der Waals surface area contributed by atoms with Crippen LogP contribution in [0.1, 0.15) is 21.5 Å². The summed E-state index contributed by atoms with van der Waals surface area (Å²) in [6.07, 6.45) is 1.32. The second-order valence-electron chi connectivity index (χ2n) is 4.25. The first-order valence-electron chi connectivity index (χ1n) is 5.88. The van der Waals surface area contributed by atoms with E-state index in [-0.39, 0.29) is 17.1 Å². The zero-order chi connectivity index (χ0) is 14.7. The Morgan fingerprint density at radius 2 is 1.85 bits per heavy atom. The maximum atomic E-state index is 11.2. The zero-order valence-electron chi connectivity index (χ0n) is 10.7. The summed E-state index contributed by atoms with van der Waals surface area (Å²) < 4.78 is 0. The molecular formula is C15H13NO4. The van der Waals surface area contributed by atoms with Crippen LogP contribution < -0.4 is 0 Å². The second kappa shape index (κ2) is 5.44. The van der Waals surface area contributed by atoms with Gasteiger partial charge in [-0.1, -0.05) is 18.2 Å². The molecule has 3 N–H and O–H groups in total. The van der Waals surface area contributed by atoms with Gasteiger partial charge in [-0.2, -0.15) is 0 Å². The number of hydrogen-bond acceptors (Lipinski definition) is 4. The molecule has 0 bridgehead atoms. The van der Waals surface area contributed by atoms with Crippen molar-refractivity contribution in [3.63, 3.8) is 0 Å². The van der Waals surface area contributed by atoms with E-state index in [1.54, 1.807) is 37.3 Å². The zero-order valence-corrected chi connectivity index (χ0v) is 10.7. The lowest BCUT2D eigenvalue weighted by Crippen LogP contribution is -2.00. The van der Waals surface area contributed by atoms with E-state index in [2.05, 4.69) is 4.99 Å². The highest BCUT2D eigenvalue weighted by Crippen LogP contribution is 2.28. The molecule has 0 spiro atoms. The molecule has 0 radical (unpaired) electrons. The lowest BCUT2D eigenvalue weighted by molar-refractivity contribution is 0.0697. The maximum Gasteiger partial charge on any atom is 0.338 e. The fourth-order valence-corrected chi connectivity index (χ4v) is 1.83. The van der Waals surface area contributed by atoms with Crippen molar-refractivity contribution >= 4 is 17.9 Å². The molecule has 5 nitrogen and oxygen atoms in total. The van der Waals surface area contributed by atoms with E-state index in [0.717, 1.165) is 0 Å². The molecule has 5 heteroatoms. The van der Waals surface area contributed by atoms with Crippen LogP contribution in [-0.4, -0.2) is 27.5 Å². The van der Waals surface area contributed by atoms with Crippen molar-refractivity contribution in [3.05, 3.63) is 53.1 Å². The van der Waals surface area contributed by atoms with E-state index >= 15 is 0 Å². The Morgan fingerprint density at radius 1 is 1.15 bits per heavy atom. The summed E-state index contributed by atoms with van der Waals surface area (Å²) >= 11 is 0. The number of benzene rings is 2. The van der Waals surface area contributed by atoms with Gasteiger partial charge in [-0.25, -0.2) is 4.79 Å². The van der Waals surface area contributed by atoms with Gasteiger partial charge in [0.1, 0.15) is 0 Å². The quantitative estimate of drug-likeness (QED) is 0.591. The van der Waals surface area contributed by atoms with Crippen LogP contribution >= 0.6 is 0 Å². The number of rotatable bonds is 3. The van der Waals surface area contributed by atoms with Crippen molar-refractivity contribution in [2.75, 3.05) is 0 Å². The molecule has 0 aliphatic rings. The molecule has 0 saturated heterocycles. The first kappa shape index (κ1) is 13.6. The van der Waals surface area contributed by atoms with E-state index in [9.17, 15) is 20.1 Å². The molecule has 0 aromatic heterocycles. The lowest BCUT2D eigenvalue weighted by Gasteiger charge is -2.05. The Kier molecular flexibility index (Phi) is 3.70. The summed E-state index contributed by atoms with van der Waals surface area (Å²) in [6, 6.07) is 9.44. The maximum absolute atomic E-state index is 11.2. The third kappa shape index (κ3) is 2.61. The first-order chi connectivity index (χ1) is 9.50. The van der Waals surface area contributed by atoms with Gasteiger partial charge in [-0.15, -0.1) is 0 Å². The number of phenols is 2. The molecule has 2 aromatic carbocycles. The summed E-state index contributed by atoms with van der Waals surface area (Å²) in [4.78, 5) is 15.3. The molecule has 20 heavy (non-hydrogen) atoms. The first-order valence-corrected chi connectivity index (χ1v) is 5.88. The standard InChI is InChI=1S/C15H13NO4/c1-9-4-2-6-11(13(9)15(19)20)16-8-10-5-3-7-12(17)14(10)18/h2-8,17-18H,1H3,(H,19,20). The van der Waals surface area contributed by atoms with Gasteiger partial charge in [0.2, 0.25) is 0 Å². The van der Waals surface area contributed by atoms with Crippen LogP contribution in [0.3, 0.4) is 0 Å². The predicted octanol–water partition coefficient (Wildman–Crippen LogP) is 2.86. The highest BCUT2D eigenvalue weighted by Gasteiger charge is 2.12. The average Bonchev–Trinajstić information content (AvgIpc) is 2.40. The number of nitrogens with zero attached hydrogens (tertiary/aromatic N) is 1. The van der Waals surface area contributed by atoms with Crippen molar-refractivity contribution in [1.82, 2.24) is 0 Å². The monoisotopic (exact) mass is 271 g/mol. The minimum atomic E-state index is -1.06. The Morgan fingerprint density at radius 3 is 2.55 bits per heavy atom. The molecule has 102 valence electrons. The molecule has 0 aliphatic heterocycles. The summed E-state index contributed by atoms with van der Waals surface area (Å²) in [6.45, 7) is 1.69. The van der Waals surface area contributed by atoms with Gasteiger partial charge in [0, 0.05) is 11.8 Å². The predicted molar refractivity (Wildman–Crippen MR) is 75.2 cm³/mol. The minimum absolute atomic E-state index is 0.114. The van der Waals surface area contributed by atoms with Gasteiger partial charge in [0.05, 0.1) is 11.3 Å². The average molecular weight is 271 g/mol. The van der Waals surface area contributed by atoms with E-state index in [4.69, 9.17) is 0 Å². The van der Waals surface area contributed by atoms with Crippen LogP contribution in [-0.2, 0) is 0 Å². The van der Waals surface area contributed by atoms with Crippen LogP contribution in [0.4, 0.5) is 5.69 Å². The van der Waals surface area contributed by atoms with Crippen LogP contribution in [0.5, 0.6) is 11.5 Å². The molecule has 0 amide bonds.